The zero-order valence-corrected chi connectivity index (χ0v) is 14.5. The minimum atomic E-state index is 0.345. The van der Waals surface area contributed by atoms with Crippen LogP contribution < -0.4 is 4.74 Å². The van der Waals surface area contributed by atoms with E-state index >= 15 is 0 Å². The second-order valence-electron chi connectivity index (χ2n) is 4.94. The van der Waals surface area contributed by atoms with Gasteiger partial charge in [-0.15, -0.1) is 10.2 Å². The molecule has 0 saturated heterocycles. The van der Waals surface area contributed by atoms with Gasteiger partial charge in [0.1, 0.15) is 12.4 Å². The van der Waals surface area contributed by atoms with E-state index in [1.165, 1.54) is 11.3 Å². The highest BCUT2D eigenvalue weighted by molar-refractivity contribution is 7.16. The first kappa shape index (κ1) is 15.4. The number of halogens is 2. The molecule has 2 heterocycles. The first-order chi connectivity index (χ1) is 11.7. The van der Waals surface area contributed by atoms with E-state index in [0.29, 0.717) is 27.4 Å². The van der Waals surface area contributed by atoms with Crippen LogP contribution in [0.2, 0.25) is 10.0 Å². The maximum absolute atomic E-state index is 6.24. The first-order valence-corrected chi connectivity index (χ1v) is 8.62. The Morgan fingerprint density at radius 1 is 1.00 bits per heavy atom. The monoisotopic (exact) mass is 376 g/mol. The fourth-order valence-electron chi connectivity index (χ4n) is 2.20. The van der Waals surface area contributed by atoms with Crippen molar-refractivity contribution in [2.75, 3.05) is 0 Å². The topological polar surface area (TPSA) is 52.3 Å². The Morgan fingerprint density at radius 3 is 2.58 bits per heavy atom. The molecule has 4 aromatic rings. The van der Waals surface area contributed by atoms with Gasteiger partial charge in [-0.2, -0.15) is 9.61 Å². The van der Waals surface area contributed by atoms with Gasteiger partial charge in [0.25, 0.3) is 0 Å². The van der Waals surface area contributed by atoms with Crippen LogP contribution in [0.25, 0.3) is 16.3 Å². The number of rotatable bonds is 4. The maximum Gasteiger partial charge on any atom is 0.235 e. The fraction of sp³-hybridized carbons (Fsp3) is 0.0625. The number of hydrogen-bond acceptors (Lipinski definition) is 5. The molecule has 0 radical (unpaired) electrons. The second-order valence-corrected chi connectivity index (χ2v) is 6.82. The molecule has 0 unspecified atom stereocenters. The van der Waals surface area contributed by atoms with E-state index in [1.807, 2.05) is 36.4 Å². The van der Waals surface area contributed by atoms with Crippen molar-refractivity contribution in [3.8, 4) is 17.1 Å². The van der Waals surface area contributed by atoms with Crippen molar-refractivity contribution in [1.82, 2.24) is 19.8 Å². The molecule has 2 aromatic heterocycles. The summed E-state index contributed by atoms with van der Waals surface area (Å²) in [6.07, 6.45) is 0. The number of fused-ring (bicyclic) bond motifs is 1. The average Bonchev–Trinajstić information content (AvgIpc) is 3.15. The Kier molecular flexibility index (Phi) is 4.10. The van der Waals surface area contributed by atoms with Crippen molar-refractivity contribution in [3.05, 3.63) is 63.6 Å². The van der Waals surface area contributed by atoms with E-state index in [-0.39, 0.29) is 0 Å². The molecule has 4 rings (SSSR count). The molecule has 120 valence electrons. The number of benzene rings is 2. The summed E-state index contributed by atoms with van der Waals surface area (Å²) < 4.78 is 7.40. The zero-order valence-electron chi connectivity index (χ0n) is 12.2. The molecule has 0 fully saturated rings. The van der Waals surface area contributed by atoms with Crippen LogP contribution >= 0.6 is 34.5 Å². The predicted octanol–water partition coefficient (Wildman–Crippen LogP) is 4.74. The molecule has 0 bridgehead atoms. The molecular formula is C16H10Cl2N4OS. The molecule has 2 aromatic carbocycles. The van der Waals surface area contributed by atoms with Crippen LogP contribution in [-0.2, 0) is 6.61 Å². The maximum atomic E-state index is 6.24. The number of ether oxygens (including phenoxy) is 1. The summed E-state index contributed by atoms with van der Waals surface area (Å²) in [6, 6.07) is 14.7. The van der Waals surface area contributed by atoms with E-state index in [4.69, 9.17) is 27.9 Å². The molecular weight excluding hydrogens is 367 g/mol. The molecule has 0 aliphatic carbocycles. The van der Waals surface area contributed by atoms with Crippen LogP contribution in [0.1, 0.15) is 5.01 Å². The van der Waals surface area contributed by atoms with Crippen molar-refractivity contribution in [2.45, 2.75) is 6.61 Å². The molecule has 0 saturated carbocycles. The Hall–Kier alpha value is -2.15. The summed E-state index contributed by atoms with van der Waals surface area (Å²) in [6.45, 7) is 0.345. The molecule has 24 heavy (non-hydrogen) atoms. The summed E-state index contributed by atoms with van der Waals surface area (Å²) >= 11 is 13.5. The van der Waals surface area contributed by atoms with E-state index < -0.39 is 0 Å². The van der Waals surface area contributed by atoms with Gasteiger partial charge < -0.3 is 4.74 Å². The molecule has 8 heteroatoms. The average molecular weight is 377 g/mol. The number of hydrogen-bond donors (Lipinski definition) is 0. The summed E-state index contributed by atoms with van der Waals surface area (Å²) in [5, 5.41) is 14.9. The van der Waals surface area contributed by atoms with E-state index in [9.17, 15) is 0 Å². The van der Waals surface area contributed by atoms with Crippen LogP contribution in [0.4, 0.5) is 0 Å². The molecule has 0 spiro atoms. The van der Waals surface area contributed by atoms with Crippen LogP contribution in [-0.4, -0.2) is 19.8 Å². The third kappa shape index (κ3) is 2.96. The number of nitrogens with zero attached hydrogens (tertiary/aromatic N) is 4. The summed E-state index contributed by atoms with van der Waals surface area (Å²) in [4.78, 5) is 0.694. The lowest BCUT2D eigenvalue weighted by molar-refractivity contribution is 0.304. The van der Waals surface area contributed by atoms with Crippen LogP contribution in [0.15, 0.2) is 48.5 Å². The largest absolute Gasteiger partial charge is 0.486 e. The van der Waals surface area contributed by atoms with Gasteiger partial charge in [-0.25, -0.2) is 0 Å². The van der Waals surface area contributed by atoms with Gasteiger partial charge in [-0.1, -0.05) is 46.7 Å². The summed E-state index contributed by atoms with van der Waals surface area (Å²) in [5.74, 6) is 1.35. The lowest BCUT2D eigenvalue weighted by Crippen LogP contribution is -1.97. The summed E-state index contributed by atoms with van der Waals surface area (Å²) in [7, 11) is 0. The highest BCUT2D eigenvalue weighted by Gasteiger charge is 2.15. The summed E-state index contributed by atoms with van der Waals surface area (Å²) in [5.41, 5.74) is 0.794. The fourth-order valence-corrected chi connectivity index (χ4v) is 3.29. The molecule has 0 aliphatic rings. The highest BCUT2D eigenvalue weighted by Crippen LogP contribution is 2.28. The Bertz CT molecular complexity index is 997. The first-order valence-electron chi connectivity index (χ1n) is 7.05. The van der Waals surface area contributed by atoms with Gasteiger partial charge in [-0.3, -0.25) is 0 Å². The SMILES string of the molecule is Clc1ccc(OCc2nn3c(-c4ccccc4Cl)nnc3s2)cc1. The van der Waals surface area contributed by atoms with Crippen molar-refractivity contribution in [1.29, 1.82) is 0 Å². The molecule has 5 nitrogen and oxygen atoms in total. The molecule has 0 aliphatic heterocycles. The third-order valence-corrected chi connectivity index (χ3v) is 4.78. The van der Waals surface area contributed by atoms with Crippen molar-refractivity contribution >= 4 is 39.5 Å². The van der Waals surface area contributed by atoms with Crippen molar-refractivity contribution < 1.29 is 4.74 Å². The number of aromatic nitrogens is 4. The Balaban J connectivity index is 1.60. The van der Waals surface area contributed by atoms with Crippen LogP contribution in [0, 0.1) is 0 Å². The van der Waals surface area contributed by atoms with Gasteiger partial charge in [0.15, 0.2) is 10.8 Å². The smallest absolute Gasteiger partial charge is 0.235 e. The van der Waals surface area contributed by atoms with Gasteiger partial charge in [0, 0.05) is 10.6 Å². The van der Waals surface area contributed by atoms with Gasteiger partial charge in [-0.05, 0) is 36.4 Å². The van der Waals surface area contributed by atoms with E-state index in [2.05, 4.69) is 15.3 Å². The zero-order chi connectivity index (χ0) is 16.5. The molecule has 0 N–H and O–H groups in total. The Labute approximate surface area is 151 Å². The van der Waals surface area contributed by atoms with E-state index in [1.54, 1.807) is 16.6 Å². The standard InChI is InChI=1S/C16H10Cl2N4OS/c17-10-5-7-11(8-6-10)23-9-14-21-22-15(19-20-16(22)24-14)12-3-1-2-4-13(12)18/h1-8H,9H2. The molecule has 0 atom stereocenters. The lowest BCUT2D eigenvalue weighted by Gasteiger charge is -2.03. The van der Waals surface area contributed by atoms with Gasteiger partial charge in [0.05, 0.1) is 5.02 Å². The van der Waals surface area contributed by atoms with Crippen LogP contribution in [0.5, 0.6) is 5.75 Å². The highest BCUT2D eigenvalue weighted by atomic mass is 35.5. The van der Waals surface area contributed by atoms with Gasteiger partial charge in [0.2, 0.25) is 4.96 Å². The third-order valence-electron chi connectivity index (χ3n) is 3.32. The van der Waals surface area contributed by atoms with Crippen molar-refractivity contribution in [3.63, 3.8) is 0 Å². The minimum absolute atomic E-state index is 0.345. The predicted molar refractivity (Wildman–Crippen MR) is 94.9 cm³/mol. The lowest BCUT2D eigenvalue weighted by atomic mass is 10.2. The quantitative estimate of drug-likeness (QED) is 0.516. The Morgan fingerprint density at radius 2 is 1.79 bits per heavy atom. The van der Waals surface area contributed by atoms with Crippen LogP contribution in [0.3, 0.4) is 0 Å². The van der Waals surface area contributed by atoms with Crippen molar-refractivity contribution in [2.24, 2.45) is 0 Å². The second kappa shape index (κ2) is 6.39. The molecule has 0 amide bonds. The van der Waals surface area contributed by atoms with Gasteiger partial charge >= 0.3 is 0 Å². The van der Waals surface area contributed by atoms with E-state index in [0.717, 1.165) is 16.3 Å². The minimum Gasteiger partial charge on any atom is -0.486 e. The normalized spacial score (nSPS) is 11.1.